The molecular weight excluding hydrogens is 376 g/mol. The van der Waals surface area contributed by atoms with E-state index < -0.39 is 11.8 Å². The van der Waals surface area contributed by atoms with Crippen molar-refractivity contribution in [2.75, 3.05) is 0 Å². The van der Waals surface area contributed by atoms with Crippen molar-refractivity contribution in [2.24, 2.45) is 11.5 Å². The fraction of sp³-hybridized carbons (Fsp3) is 0. The summed E-state index contributed by atoms with van der Waals surface area (Å²) in [6.45, 7) is 0. The minimum Gasteiger partial charge on any atom is -0.366 e. The van der Waals surface area contributed by atoms with Gasteiger partial charge in [-0.05, 0) is 70.3 Å². The monoisotopic (exact) mass is 394 g/mol. The fourth-order valence-corrected chi connectivity index (χ4v) is 3.50. The minimum absolute atomic E-state index is 0.408. The largest absolute Gasteiger partial charge is 0.366 e. The molecule has 0 unspecified atom stereocenters. The Balaban J connectivity index is 2.06. The Hall–Kier alpha value is -4.32. The van der Waals surface area contributed by atoms with Gasteiger partial charge in [-0.1, -0.05) is 18.2 Å². The summed E-state index contributed by atoms with van der Waals surface area (Å²) in [6.07, 6.45) is 6.74. The van der Waals surface area contributed by atoms with E-state index in [9.17, 15) is 9.59 Å². The number of rotatable bonds is 5. The summed E-state index contributed by atoms with van der Waals surface area (Å²) in [6, 6.07) is 18.1. The first-order chi connectivity index (χ1) is 14.6. The molecule has 2 aromatic heterocycles. The van der Waals surface area contributed by atoms with Crippen molar-refractivity contribution in [3.63, 3.8) is 0 Å². The molecule has 0 fully saturated rings. The molecule has 0 radical (unpaired) electrons. The molecule has 0 saturated heterocycles. The van der Waals surface area contributed by atoms with Crippen LogP contribution in [0.5, 0.6) is 0 Å². The molecule has 0 atom stereocenters. The molecule has 146 valence electrons. The molecule has 6 nitrogen and oxygen atoms in total. The number of hydrogen-bond donors (Lipinski definition) is 2. The van der Waals surface area contributed by atoms with Crippen LogP contribution in [0, 0.1) is 0 Å². The Morgan fingerprint density at radius 2 is 1.10 bits per heavy atom. The van der Waals surface area contributed by atoms with Crippen LogP contribution in [0.15, 0.2) is 85.5 Å². The lowest BCUT2D eigenvalue weighted by molar-refractivity contribution is 0.0992. The lowest BCUT2D eigenvalue weighted by Crippen LogP contribution is -2.13. The molecule has 4 N–H and O–H groups in total. The van der Waals surface area contributed by atoms with Gasteiger partial charge in [0.05, 0.1) is 0 Å². The SMILES string of the molecule is NC(=O)c1ccc(-c2ccc(C(N)=O)c(-c3ccncc3)c2-c2ccncc2)cc1. The number of carbonyl (C=O) groups is 2. The molecule has 6 heteroatoms. The van der Waals surface area contributed by atoms with Crippen molar-refractivity contribution >= 4 is 11.8 Å². The summed E-state index contributed by atoms with van der Waals surface area (Å²) in [5.74, 6) is -1.01. The van der Waals surface area contributed by atoms with Crippen LogP contribution >= 0.6 is 0 Å². The number of pyridine rings is 2. The number of carbonyl (C=O) groups excluding carboxylic acids is 2. The van der Waals surface area contributed by atoms with Crippen LogP contribution in [-0.2, 0) is 0 Å². The predicted octanol–water partition coefficient (Wildman–Crippen LogP) is 3.68. The van der Waals surface area contributed by atoms with E-state index >= 15 is 0 Å². The van der Waals surface area contributed by atoms with Crippen molar-refractivity contribution < 1.29 is 9.59 Å². The van der Waals surface area contributed by atoms with Crippen molar-refractivity contribution in [2.45, 2.75) is 0 Å². The first-order valence-corrected chi connectivity index (χ1v) is 9.24. The van der Waals surface area contributed by atoms with Crippen LogP contribution in [0.4, 0.5) is 0 Å². The Kier molecular flexibility index (Phi) is 5.05. The molecule has 4 aromatic rings. The summed E-state index contributed by atoms with van der Waals surface area (Å²) < 4.78 is 0. The van der Waals surface area contributed by atoms with Crippen LogP contribution in [-0.4, -0.2) is 21.8 Å². The maximum atomic E-state index is 12.3. The Bertz CT molecular complexity index is 1220. The van der Waals surface area contributed by atoms with E-state index in [0.717, 1.165) is 27.8 Å². The molecule has 0 aliphatic rings. The minimum atomic E-state index is -0.521. The maximum absolute atomic E-state index is 12.3. The highest BCUT2D eigenvalue weighted by Crippen LogP contribution is 2.41. The van der Waals surface area contributed by atoms with E-state index in [2.05, 4.69) is 9.97 Å². The van der Waals surface area contributed by atoms with E-state index in [1.54, 1.807) is 43.0 Å². The molecular formula is C24H18N4O2. The fourth-order valence-electron chi connectivity index (χ4n) is 3.50. The number of nitrogens with zero attached hydrogens (tertiary/aromatic N) is 2. The molecule has 4 rings (SSSR count). The molecule has 0 aliphatic heterocycles. The number of hydrogen-bond acceptors (Lipinski definition) is 4. The molecule has 2 aromatic carbocycles. The second kappa shape index (κ2) is 7.97. The number of aromatic nitrogens is 2. The average Bonchev–Trinajstić information content (AvgIpc) is 2.79. The van der Waals surface area contributed by atoms with Crippen LogP contribution in [0.1, 0.15) is 20.7 Å². The third kappa shape index (κ3) is 3.54. The van der Waals surface area contributed by atoms with Crippen LogP contribution in [0.2, 0.25) is 0 Å². The number of amides is 2. The number of nitrogens with two attached hydrogens (primary N) is 2. The van der Waals surface area contributed by atoms with Crippen LogP contribution in [0.25, 0.3) is 33.4 Å². The van der Waals surface area contributed by atoms with Crippen LogP contribution < -0.4 is 11.5 Å². The van der Waals surface area contributed by atoms with Gasteiger partial charge in [0.25, 0.3) is 0 Å². The van der Waals surface area contributed by atoms with Gasteiger partial charge < -0.3 is 11.5 Å². The second-order valence-electron chi connectivity index (χ2n) is 6.69. The van der Waals surface area contributed by atoms with Gasteiger partial charge in [0.15, 0.2) is 0 Å². The predicted molar refractivity (Wildman–Crippen MR) is 115 cm³/mol. The number of primary amides is 2. The molecule has 30 heavy (non-hydrogen) atoms. The van der Waals surface area contributed by atoms with E-state index in [4.69, 9.17) is 11.5 Å². The third-order valence-electron chi connectivity index (χ3n) is 4.89. The normalized spacial score (nSPS) is 10.5. The second-order valence-corrected chi connectivity index (χ2v) is 6.69. The molecule has 0 bridgehead atoms. The van der Waals surface area contributed by atoms with E-state index in [1.165, 1.54) is 0 Å². The van der Waals surface area contributed by atoms with Gasteiger partial charge in [0.1, 0.15) is 0 Å². The Morgan fingerprint density at radius 3 is 1.60 bits per heavy atom. The average molecular weight is 394 g/mol. The van der Waals surface area contributed by atoms with Gasteiger partial charge in [-0.15, -0.1) is 0 Å². The summed E-state index contributed by atoms with van der Waals surface area (Å²) >= 11 is 0. The van der Waals surface area contributed by atoms with Crippen molar-refractivity contribution in [3.05, 3.63) is 96.6 Å². The summed E-state index contributed by atoms with van der Waals surface area (Å²) in [5.41, 5.74) is 16.9. The van der Waals surface area contributed by atoms with Gasteiger partial charge >= 0.3 is 0 Å². The lowest BCUT2D eigenvalue weighted by atomic mass is 9.85. The maximum Gasteiger partial charge on any atom is 0.249 e. The van der Waals surface area contributed by atoms with Crippen molar-refractivity contribution in [3.8, 4) is 33.4 Å². The Labute approximate surface area is 173 Å². The number of benzene rings is 2. The van der Waals surface area contributed by atoms with Gasteiger partial charge in [-0.3, -0.25) is 19.6 Å². The van der Waals surface area contributed by atoms with Gasteiger partial charge in [-0.2, -0.15) is 0 Å². The van der Waals surface area contributed by atoms with Gasteiger partial charge in [-0.25, -0.2) is 0 Å². The molecule has 2 heterocycles. The first kappa shape index (κ1) is 19.0. The topological polar surface area (TPSA) is 112 Å². The highest BCUT2D eigenvalue weighted by molar-refractivity contribution is 6.07. The highest BCUT2D eigenvalue weighted by Gasteiger charge is 2.20. The van der Waals surface area contributed by atoms with Crippen LogP contribution in [0.3, 0.4) is 0 Å². The summed E-state index contributed by atoms with van der Waals surface area (Å²) in [5, 5.41) is 0. The molecule has 0 saturated carbocycles. The van der Waals surface area contributed by atoms with E-state index in [1.807, 2.05) is 42.5 Å². The zero-order valence-electron chi connectivity index (χ0n) is 15.9. The highest BCUT2D eigenvalue weighted by atomic mass is 16.1. The Morgan fingerprint density at radius 1 is 0.567 bits per heavy atom. The first-order valence-electron chi connectivity index (χ1n) is 9.24. The van der Waals surface area contributed by atoms with E-state index in [-0.39, 0.29) is 0 Å². The molecule has 0 spiro atoms. The van der Waals surface area contributed by atoms with Gasteiger partial charge in [0.2, 0.25) is 11.8 Å². The van der Waals surface area contributed by atoms with E-state index in [0.29, 0.717) is 16.7 Å². The van der Waals surface area contributed by atoms with Crippen molar-refractivity contribution in [1.82, 2.24) is 9.97 Å². The summed E-state index contributed by atoms with van der Waals surface area (Å²) in [7, 11) is 0. The third-order valence-corrected chi connectivity index (χ3v) is 4.89. The standard InChI is InChI=1S/C24H18N4O2/c25-23(29)18-3-1-15(2-4-18)19-5-6-20(24(26)30)22(17-9-13-28-14-10-17)21(19)16-7-11-27-12-8-16/h1-14H,(H2,25,29)(H2,26,30). The zero-order chi connectivity index (χ0) is 21.1. The smallest absolute Gasteiger partial charge is 0.249 e. The summed E-state index contributed by atoms with van der Waals surface area (Å²) in [4.78, 5) is 31.9. The lowest BCUT2D eigenvalue weighted by Gasteiger charge is -2.19. The quantitative estimate of drug-likeness (QED) is 0.538. The van der Waals surface area contributed by atoms with Crippen molar-refractivity contribution in [1.29, 1.82) is 0 Å². The molecule has 2 amide bonds. The molecule has 0 aliphatic carbocycles. The van der Waals surface area contributed by atoms with Gasteiger partial charge in [0, 0.05) is 41.5 Å². The zero-order valence-corrected chi connectivity index (χ0v) is 15.9.